The fourth-order valence-electron chi connectivity index (χ4n) is 1.39. The molecule has 1 heterocycles. The minimum Gasteiger partial charge on any atom is -0.479 e. The molecule has 1 unspecified atom stereocenters. The molecule has 7 nitrogen and oxygen atoms in total. The zero-order valence-corrected chi connectivity index (χ0v) is 9.41. The number of pyridine rings is 1. The summed E-state index contributed by atoms with van der Waals surface area (Å²) in [6, 6.07) is 2.05. The Balaban J connectivity index is 3.48. The normalized spacial score (nSPS) is 14.0. The van der Waals surface area contributed by atoms with Crippen molar-refractivity contribution < 1.29 is 14.8 Å². The monoisotopic (exact) mass is 240 g/mol. The SMILES string of the molecule is CCC(C)(C(=O)O)n1cc([N+](=O)[O-])ccc1=O. The summed E-state index contributed by atoms with van der Waals surface area (Å²) in [5.74, 6) is -1.21. The van der Waals surface area contributed by atoms with Crippen LogP contribution in [0.3, 0.4) is 0 Å². The molecule has 0 spiro atoms. The molecule has 0 aromatic carbocycles. The van der Waals surface area contributed by atoms with E-state index in [4.69, 9.17) is 5.11 Å². The molecule has 0 saturated heterocycles. The molecular weight excluding hydrogens is 228 g/mol. The Kier molecular flexibility index (Phi) is 3.31. The van der Waals surface area contributed by atoms with Gasteiger partial charge in [0, 0.05) is 12.1 Å². The zero-order chi connectivity index (χ0) is 13.2. The molecule has 0 bridgehead atoms. The topological polar surface area (TPSA) is 102 Å². The third kappa shape index (κ3) is 2.17. The first kappa shape index (κ1) is 12.9. The second kappa shape index (κ2) is 4.36. The smallest absolute Gasteiger partial charge is 0.329 e. The Morgan fingerprint density at radius 1 is 1.59 bits per heavy atom. The summed E-state index contributed by atoms with van der Waals surface area (Å²) < 4.78 is 0.882. The van der Waals surface area contributed by atoms with Gasteiger partial charge in [0.2, 0.25) is 0 Å². The van der Waals surface area contributed by atoms with Crippen LogP contribution in [0.4, 0.5) is 5.69 Å². The molecule has 1 rings (SSSR count). The van der Waals surface area contributed by atoms with E-state index in [-0.39, 0.29) is 12.1 Å². The average Bonchev–Trinajstić information content (AvgIpc) is 2.28. The van der Waals surface area contributed by atoms with E-state index in [1.807, 2.05) is 0 Å². The number of hydrogen-bond acceptors (Lipinski definition) is 4. The Labute approximate surface area is 96.5 Å². The molecule has 0 aliphatic heterocycles. The molecular formula is C10H12N2O5. The lowest BCUT2D eigenvalue weighted by molar-refractivity contribution is -0.385. The number of carboxylic acids is 1. The van der Waals surface area contributed by atoms with E-state index in [0.717, 1.165) is 22.9 Å². The number of carbonyl (C=O) groups is 1. The molecule has 92 valence electrons. The number of hydrogen-bond donors (Lipinski definition) is 1. The van der Waals surface area contributed by atoms with Gasteiger partial charge in [-0.05, 0) is 13.3 Å². The molecule has 0 aliphatic carbocycles. The van der Waals surface area contributed by atoms with Crippen LogP contribution in [0.25, 0.3) is 0 Å². The summed E-state index contributed by atoms with van der Waals surface area (Å²) in [5.41, 5.74) is -2.38. The van der Waals surface area contributed by atoms with Crippen molar-refractivity contribution in [3.8, 4) is 0 Å². The van der Waals surface area contributed by atoms with Crippen LogP contribution in [-0.4, -0.2) is 20.6 Å². The molecule has 0 aliphatic rings. The summed E-state index contributed by atoms with van der Waals surface area (Å²) in [6.45, 7) is 2.94. The van der Waals surface area contributed by atoms with E-state index >= 15 is 0 Å². The van der Waals surface area contributed by atoms with Gasteiger partial charge in [0.25, 0.3) is 11.2 Å². The van der Waals surface area contributed by atoms with E-state index in [1.54, 1.807) is 6.92 Å². The summed E-state index contributed by atoms with van der Waals surface area (Å²) >= 11 is 0. The Bertz CT molecular complexity index is 522. The highest BCUT2D eigenvalue weighted by atomic mass is 16.6. The first-order valence-electron chi connectivity index (χ1n) is 4.94. The molecule has 17 heavy (non-hydrogen) atoms. The number of aliphatic carboxylic acids is 1. The van der Waals surface area contributed by atoms with Gasteiger partial charge in [-0.3, -0.25) is 19.5 Å². The predicted octanol–water partition coefficient (Wildman–Crippen LogP) is 0.966. The minimum absolute atomic E-state index is 0.142. The van der Waals surface area contributed by atoms with Gasteiger partial charge < -0.3 is 5.11 Å². The van der Waals surface area contributed by atoms with Gasteiger partial charge in [0.1, 0.15) is 5.54 Å². The quantitative estimate of drug-likeness (QED) is 0.623. The molecule has 0 fully saturated rings. The lowest BCUT2D eigenvalue weighted by Gasteiger charge is -2.25. The van der Waals surface area contributed by atoms with Crippen molar-refractivity contribution in [1.82, 2.24) is 4.57 Å². The van der Waals surface area contributed by atoms with E-state index in [1.165, 1.54) is 6.92 Å². The van der Waals surface area contributed by atoms with Crippen molar-refractivity contribution in [3.63, 3.8) is 0 Å². The standard InChI is InChI=1S/C10H12N2O5/c1-3-10(2,9(14)15)11-6-7(12(16)17)4-5-8(11)13/h4-6H,3H2,1-2H3,(H,14,15). The molecule has 0 amide bonds. The van der Waals surface area contributed by atoms with Crippen LogP contribution in [0, 0.1) is 10.1 Å². The van der Waals surface area contributed by atoms with E-state index in [0.29, 0.717) is 0 Å². The van der Waals surface area contributed by atoms with Gasteiger partial charge in [0.05, 0.1) is 11.1 Å². The van der Waals surface area contributed by atoms with E-state index in [2.05, 4.69) is 0 Å². The number of nitro groups is 1. The molecule has 1 aromatic heterocycles. The molecule has 7 heteroatoms. The number of nitrogens with zero attached hydrogens (tertiary/aromatic N) is 2. The number of carboxylic acid groups (broad SMARTS) is 1. The van der Waals surface area contributed by atoms with Crippen molar-refractivity contribution >= 4 is 11.7 Å². The van der Waals surface area contributed by atoms with Gasteiger partial charge in [-0.25, -0.2) is 4.79 Å². The fourth-order valence-corrected chi connectivity index (χ4v) is 1.39. The maximum absolute atomic E-state index is 11.6. The van der Waals surface area contributed by atoms with Crippen LogP contribution in [0.5, 0.6) is 0 Å². The third-order valence-electron chi connectivity index (χ3n) is 2.79. The average molecular weight is 240 g/mol. The molecule has 1 N–H and O–H groups in total. The second-order valence-electron chi connectivity index (χ2n) is 3.79. The Hall–Kier alpha value is -2.18. The van der Waals surface area contributed by atoms with Gasteiger partial charge in [-0.15, -0.1) is 0 Å². The van der Waals surface area contributed by atoms with Crippen molar-refractivity contribution in [2.24, 2.45) is 0 Å². The lowest BCUT2D eigenvalue weighted by Crippen LogP contribution is -2.44. The largest absolute Gasteiger partial charge is 0.479 e. The van der Waals surface area contributed by atoms with Crippen molar-refractivity contribution in [3.05, 3.63) is 38.8 Å². The summed E-state index contributed by atoms with van der Waals surface area (Å²) in [4.78, 5) is 32.7. The predicted molar refractivity (Wildman–Crippen MR) is 58.9 cm³/mol. The van der Waals surface area contributed by atoms with Gasteiger partial charge in [-0.2, -0.15) is 0 Å². The van der Waals surface area contributed by atoms with Crippen LogP contribution < -0.4 is 5.56 Å². The minimum atomic E-state index is -1.48. The van der Waals surface area contributed by atoms with Gasteiger partial charge >= 0.3 is 5.97 Å². The maximum atomic E-state index is 11.6. The molecule has 0 saturated carbocycles. The highest BCUT2D eigenvalue weighted by molar-refractivity contribution is 5.76. The third-order valence-corrected chi connectivity index (χ3v) is 2.79. The van der Waals surface area contributed by atoms with Crippen LogP contribution in [-0.2, 0) is 10.3 Å². The highest BCUT2D eigenvalue weighted by Gasteiger charge is 2.34. The number of rotatable bonds is 4. The summed E-state index contributed by atoms with van der Waals surface area (Å²) in [6.07, 6.45) is 1.10. The summed E-state index contributed by atoms with van der Waals surface area (Å²) in [5, 5.41) is 19.7. The van der Waals surface area contributed by atoms with Crippen molar-refractivity contribution in [1.29, 1.82) is 0 Å². The van der Waals surface area contributed by atoms with Crippen LogP contribution in [0.2, 0.25) is 0 Å². The Morgan fingerprint density at radius 3 is 2.59 bits per heavy atom. The van der Waals surface area contributed by atoms with Crippen LogP contribution in [0.15, 0.2) is 23.1 Å². The Morgan fingerprint density at radius 2 is 2.18 bits per heavy atom. The van der Waals surface area contributed by atoms with Gasteiger partial charge in [0.15, 0.2) is 0 Å². The fraction of sp³-hybridized carbons (Fsp3) is 0.400. The molecule has 0 radical (unpaired) electrons. The highest BCUT2D eigenvalue weighted by Crippen LogP contribution is 2.20. The lowest BCUT2D eigenvalue weighted by atomic mass is 9.98. The zero-order valence-electron chi connectivity index (χ0n) is 9.41. The van der Waals surface area contributed by atoms with Crippen molar-refractivity contribution in [2.75, 3.05) is 0 Å². The number of aromatic nitrogens is 1. The van der Waals surface area contributed by atoms with Crippen molar-refractivity contribution in [2.45, 2.75) is 25.8 Å². The van der Waals surface area contributed by atoms with E-state index in [9.17, 15) is 19.7 Å². The molecule has 1 atom stereocenters. The first-order valence-corrected chi connectivity index (χ1v) is 4.94. The maximum Gasteiger partial charge on any atom is 0.329 e. The van der Waals surface area contributed by atoms with Gasteiger partial charge in [-0.1, -0.05) is 6.92 Å². The second-order valence-corrected chi connectivity index (χ2v) is 3.79. The van der Waals surface area contributed by atoms with Crippen LogP contribution in [0.1, 0.15) is 20.3 Å². The van der Waals surface area contributed by atoms with E-state index < -0.39 is 22.0 Å². The molecule has 1 aromatic rings. The van der Waals surface area contributed by atoms with Crippen LogP contribution >= 0.6 is 0 Å². The summed E-state index contributed by atoms with van der Waals surface area (Å²) in [7, 11) is 0. The first-order chi connectivity index (χ1) is 7.82.